The summed E-state index contributed by atoms with van der Waals surface area (Å²) in [7, 11) is 7.35. The summed E-state index contributed by atoms with van der Waals surface area (Å²) in [6, 6.07) is 18.7. The van der Waals surface area contributed by atoms with Gasteiger partial charge in [0, 0.05) is 65.4 Å². The Bertz CT molecular complexity index is 2240. The maximum atomic E-state index is 13.4. The van der Waals surface area contributed by atoms with Crippen molar-refractivity contribution in [3.8, 4) is 16.9 Å². The van der Waals surface area contributed by atoms with Gasteiger partial charge >= 0.3 is 5.97 Å². The second-order valence-electron chi connectivity index (χ2n) is 12.9. The zero-order valence-electron chi connectivity index (χ0n) is 29.0. The van der Waals surface area contributed by atoms with Crippen LogP contribution in [0.3, 0.4) is 0 Å². The first kappa shape index (κ1) is 34.2. The Morgan fingerprint density at radius 2 is 1.86 bits per heavy atom. The van der Waals surface area contributed by atoms with E-state index in [0.717, 1.165) is 77.5 Å². The van der Waals surface area contributed by atoms with Gasteiger partial charge in [0.1, 0.15) is 11.4 Å². The number of rotatable bonds is 3. The molecule has 7 rings (SSSR count). The molecule has 260 valence electrons. The number of hydrogen-bond acceptors (Lipinski definition) is 8. The van der Waals surface area contributed by atoms with E-state index in [0.29, 0.717) is 49.8 Å². The first-order valence-electron chi connectivity index (χ1n) is 16.7. The van der Waals surface area contributed by atoms with Crippen molar-refractivity contribution in [1.29, 1.82) is 0 Å². The minimum Gasteiger partial charge on any atom is -0.493 e. The Morgan fingerprint density at radius 3 is 2.66 bits per heavy atom. The quantitative estimate of drug-likeness (QED) is 0.198. The van der Waals surface area contributed by atoms with Crippen LogP contribution in [0.25, 0.3) is 32.8 Å². The molecule has 1 aliphatic rings. The zero-order valence-corrected chi connectivity index (χ0v) is 30.6. The van der Waals surface area contributed by atoms with Crippen LogP contribution in [0.2, 0.25) is 5.02 Å². The highest BCUT2D eigenvalue weighted by molar-refractivity contribution is 7.98. The first-order valence-corrected chi connectivity index (χ1v) is 18.1. The SMILES string of the molecule is COC(=O)c1c2c3ccc(Cl)c(c3n1C)-c1c(C)nn(CCO)c1CN(C)Cc1cc(n(C)n1)CSc1cc(c3ccccc3c1)OCCC2. The van der Waals surface area contributed by atoms with Gasteiger partial charge in [-0.05, 0) is 62.0 Å². The summed E-state index contributed by atoms with van der Waals surface area (Å²) < 4.78 is 17.6. The molecule has 3 aromatic heterocycles. The average Bonchev–Trinajstić information content (AvgIpc) is 3.70. The van der Waals surface area contributed by atoms with Crippen LogP contribution in [0.4, 0.5) is 0 Å². The van der Waals surface area contributed by atoms with E-state index in [1.54, 1.807) is 11.8 Å². The number of fused-ring (bicyclic) bond motifs is 8. The van der Waals surface area contributed by atoms with Gasteiger partial charge in [-0.25, -0.2) is 4.79 Å². The third-order valence-electron chi connectivity index (χ3n) is 9.47. The molecule has 6 aromatic rings. The number of hydrogen-bond donors (Lipinski definition) is 1. The number of aliphatic hydroxyl groups excluding tert-OH is 1. The molecule has 12 heteroatoms. The fourth-order valence-electron chi connectivity index (χ4n) is 7.25. The third-order valence-corrected chi connectivity index (χ3v) is 10.8. The fraction of sp³-hybridized carbons (Fsp3) is 0.342. The summed E-state index contributed by atoms with van der Waals surface area (Å²) in [6.45, 7) is 3.84. The lowest BCUT2D eigenvalue weighted by Crippen LogP contribution is -2.21. The van der Waals surface area contributed by atoms with E-state index in [4.69, 9.17) is 31.3 Å². The molecule has 0 aliphatic carbocycles. The van der Waals surface area contributed by atoms with Crippen LogP contribution < -0.4 is 4.74 Å². The van der Waals surface area contributed by atoms with Gasteiger partial charge in [-0.1, -0.05) is 41.9 Å². The third kappa shape index (κ3) is 6.28. The van der Waals surface area contributed by atoms with Gasteiger partial charge in [-0.3, -0.25) is 14.3 Å². The number of carbonyl (C=O) groups is 1. The van der Waals surface area contributed by atoms with E-state index in [2.05, 4.69) is 42.3 Å². The van der Waals surface area contributed by atoms with Crippen LogP contribution in [0, 0.1) is 6.92 Å². The summed E-state index contributed by atoms with van der Waals surface area (Å²) in [6.07, 6.45) is 1.27. The maximum Gasteiger partial charge on any atom is 0.354 e. The summed E-state index contributed by atoms with van der Waals surface area (Å²) in [5, 5.41) is 23.4. The number of halogens is 1. The largest absolute Gasteiger partial charge is 0.493 e. The molecule has 10 nitrogen and oxygen atoms in total. The zero-order chi connectivity index (χ0) is 35.1. The number of aliphatic hydroxyl groups is 1. The van der Waals surface area contributed by atoms with E-state index >= 15 is 0 Å². The first-order chi connectivity index (χ1) is 24.2. The van der Waals surface area contributed by atoms with Crippen molar-refractivity contribution in [2.45, 2.75) is 50.0 Å². The highest BCUT2D eigenvalue weighted by Crippen LogP contribution is 2.42. The number of benzene rings is 3. The number of carbonyl (C=O) groups excluding carboxylic acids is 1. The van der Waals surface area contributed by atoms with Gasteiger partial charge < -0.3 is 19.1 Å². The Labute approximate surface area is 300 Å². The number of aromatic nitrogens is 5. The molecule has 0 unspecified atom stereocenters. The van der Waals surface area contributed by atoms with Crippen molar-refractivity contribution in [1.82, 2.24) is 29.0 Å². The molecular formula is C38H41ClN6O4S. The average molecular weight is 713 g/mol. The Morgan fingerprint density at radius 1 is 1.04 bits per heavy atom. The van der Waals surface area contributed by atoms with Crippen LogP contribution in [0.1, 0.15) is 45.2 Å². The van der Waals surface area contributed by atoms with Crippen LogP contribution in [0.5, 0.6) is 5.75 Å². The molecule has 1 N–H and O–H groups in total. The van der Waals surface area contributed by atoms with Crippen LogP contribution >= 0.6 is 23.4 Å². The molecule has 4 heterocycles. The Hall–Kier alpha value is -4.29. The molecule has 50 heavy (non-hydrogen) atoms. The van der Waals surface area contributed by atoms with E-state index in [1.165, 1.54) is 7.11 Å². The lowest BCUT2D eigenvalue weighted by molar-refractivity contribution is 0.0589. The van der Waals surface area contributed by atoms with Crippen LogP contribution in [-0.2, 0) is 50.6 Å². The number of nitrogens with zero attached hydrogens (tertiary/aromatic N) is 6. The minimum absolute atomic E-state index is 0.0581. The minimum atomic E-state index is -0.408. The van der Waals surface area contributed by atoms with Gasteiger partial charge in [-0.15, -0.1) is 11.8 Å². The Kier molecular flexibility index (Phi) is 9.67. The lowest BCUT2D eigenvalue weighted by Gasteiger charge is -2.19. The molecule has 0 spiro atoms. The van der Waals surface area contributed by atoms with Gasteiger partial charge in [0.25, 0.3) is 0 Å². The van der Waals surface area contributed by atoms with Crippen LogP contribution in [-0.4, -0.2) is 67.5 Å². The molecule has 0 saturated heterocycles. The van der Waals surface area contributed by atoms with Crippen molar-refractivity contribution >= 4 is 51.0 Å². The maximum absolute atomic E-state index is 13.4. The number of methoxy groups -OCH3 is 1. The topological polar surface area (TPSA) is 99.6 Å². The van der Waals surface area contributed by atoms with Gasteiger partial charge in [0.2, 0.25) is 0 Å². The molecule has 0 saturated carbocycles. The smallest absolute Gasteiger partial charge is 0.354 e. The van der Waals surface area contributed by atoms with Gasteiger partial charge in [0.15, 0.2) is 0 Å². The number of thioether (sulfide) groups is 1. The Balaban J connectivity index is 1.40. The standard InChI is InChI=1S/C38H41ClN6O4S/c1-23-34-32(45(40-23)14-15-46)21-42(2)20-25-18-26(44(4)41-25)22-50-27-17-24-9-6-7-10-28(24)33(19-27)49-16-8-11-29-30-12-13-31(39)35(34)36(30)43(3)37(29)38(47)48-5/h6-7,9-10,12-13,17-19,46H,8,11,14-16,20-22H2,1-5H3. The van der Waals surface area contributed by atoms with Gasteiger partial charge in [-0.2, -0.15) is 10.2 Å². The monoisotopic (exact) mass is 712 g/mol. The normalized spacial score (nSPS) is 14.5. The summed E-state index contributed by atoms with van der Waals surface area (Å²) in [5.41, 5.74) is 7.70. The van der Waals surface area contributed by atoms with Crippen molar-refractivity contribution in [2.75, 3.05) is 27.4 Å². The van der Waals surface area contributed by atoms with E-state index in [9.17, 15) is 9.90 Å². The molecule has 1 aliphatic heterocycles. The number of ether oxygens (including phenoxy) is 2. The highest BCUT2D eigenvalue weighted by Gasteiger charge is 2.28. The van der Waals surface area contributed by atoms with Crippen molar-refractivity contribution < 1.29 is 19.4 Å². The lowest BCUT2D eigenvalue weighted by atomic mass is 9.97. The summed E-state index contributed by atoms with van der Waals surface area (Å²) in [5.74, 6) is 1.19. The second-order valence-corrected chi connectivity index (χ2v) is 14.3. The van der Waals surface area contributed by atoms with Crippen molar-refractivity contribution in [3.05, 3.63) is 93.7 Å². The fourth-order valence-corrected chi connectivity index (χ4v) is 8.49. The molecule has 0 radical (unpaired) electrons. The molecule has 0 fully saturated rings. The predicted molar refractivity (Wildman–Crippen MR) is 198 cm³/mol. The molecule has 3 aromatic carbocycles. The van der Waals surface area contributed by atoms with E-state index in [-0.39, 0.29) is 6.61 Å². The number of esters is 1. The second kappa shape index (κ2) is 14.1. The summed E-state index contributed by atoms with van der Waals surface area (Å²) >= 11 is 8.86. The molecule has 0 atom stereocenters. The molecular weight excluding hydrogens is 672 g/mol. The molecule has 8 bridgehead atoms. The van der Waals surface area contributed by atoms with Gasteiger partial charge in [0.05, 0.1) is 54.5 Å². The van der Waals surface area contributed by atoms with Crippen molar-refractivity contribution in [3.63, 3.8) is 0 Å². The van der Waals surface area contributed by atoms with E-state index < -0.39 is 5.97 Å². The summed E-state index contributed by atoms with van der Waals surface area (Å²) in [4.78, 5) is 16.7. The van der Waals surface area contributed by atoms with Crippen LogP contribution in [0.15, 0.2) is 59.5 Å². The molecule has 0 amide bonds. The predicted octanol–water partition coefficient (Wildman–Crippen LogP) is 6.92. The number of aryl methyl sites for hydroxylation is 4. The highest BCUT2D eigenvalue weighted by atomic mass is 35.5. The van der Waals surface area contributed by atoms with E-state index in [1.807, 2.05) is 59.2 Å². The van der Waals surface area contributed by atoms with Crippen molar-refractivity contribution in [2.24, 2.45) is 14.1 Å².